The normalized spacial score (nSPS) is 19.2. The van der Waals surface area contributed by atoms with E-state index in [1.807, 2.05) is 0 Å². The molecule has 1 saturated heterocycles. The molecule has 1 heterocycles. The van der Waals surface area contributed by atoms with E-state index >= 15 is 0 Å². The van der Waals surface area contributed by atoms with Gasteiger partial charge in [0.15, 0.2) is 0 Å². The summed E-state index contributed by atoms with van der Waals surface area (Å²) >= 11 is 0. The lowest BCUT2D eigenvalue weighted by Gasteiger charge is -2.27. The van der Waals surface area contributed by atoms with Gasteiger partial charge in [0.25, 0.3) is 5.91 Å². The van der Waals surface area contributed by atoms with Gasteiger partial charge in [0, 0.05) is 13.1 Å². The zero-order valence-electron chi connectivity index (χ0n) is 12.0. The summed E-state index contributed by atoms with van der Waals surface area (Å²) in [5, 5.41) is 3.31. The van der Waals surface area contributed by atoms with E-state index in [0.29, 0.717) is 0 Å². The Morgan fingerprint density at radius 3 is 2.95 bits per heavy atom. The number of hydrogen-bond acceptors (Lipinski definition) is 3. The average molecular weight is 280 g/mol. The van der Waals surface area contributed by atoms with Crippen LogP contribution in [0.1, 0.15) is 29.6 Å². The number of halogens is 1. The Balaban J connectivity index is 2.21. The minimum Gasteiger partial charge on any atom is -0.496 e. The summed E-state index contributed by atoms with van der Waals surface area (Å²) < 4.78 is 19.1. The number of amides is 1. The molecule has 1 aliphatic rings. The van der Waals surface area contributed by atoms with Gasteiger partial charge in [-0.05, 0) is 44.5 Å². The summed E-state index contributed by atoms with van der Waals surface area (Å²) in [5.74, 6) is -0.562. The fraction of sp³-hybridized carbons (Fsp3) is 0.533. The third kappa shape index (κ3) is 3.10. The predicted molar refractivity (Wildman–Crippen MR) is 75.6 cm³/mol. The molecule has 0 bridgehead atoms. The number of carbonyl (C=O) groups excluding carboxylic acids is 1. The molecule has 0 radical (unpaired) electrons. The van der Waals surface area contributed by atoms with Crippen molar-refractivity contribution in [3.63, 3.8) is 0 Å². The van der Waals surface area contributed by atoms with Crippen LogP contribution < -0.4 is 10.1 Å². The molecular formula is C15H21FN2O2. The monoisotopic (exact) mass is 280 g/mol. The smallest absolute Gasteiger partial charge is 0.260 e. The molecule has 2 rings (SSSR count). The fourth-order valence-electron chi connectivity index (χ4n) is 2.61. The molecular weight excluding hydrogens is 259 g/mol. The summed E-state index contributed by atoms with van der Waals surface area (Å²) in [6, 6.07) is 4.58. The second kappa shape index (κ2) is 6.70. The SMILES string of the molecule is COc1cccc(F)c1C(=O)N(C)C1CCCNCC1. The van der Waals surface area contributed by atoms with Crippen molar-refractivity contribution >= 4 is 5.91 Å². The van der Waals surface area contributed by atoms with Crippen LogP contribution >= 0.6 is 0 Å². The Hall–Kier alpha value is -1.62. The Bertz CT molecular complexity index is 471. The molecule has 1 atom stereocenters. The molecule has 20 heavy (non-hydrogen) atoms. The number of benzene rings is 1. The first-order valence-corrected chi connectivity index (χ1v) is 6.95. The quantitative estimate of drug-likeness (QED) is 0.921. The van der Waals surface area contributed by atoms with E-state index in [2.05, 4.69) is 5.32 Å². The van der Waals surface area contributed by atoms with Crippen LogP contribution in [0.3, 0.4) is 0 Å². The lowest BCUT2D eigenvalue weighted by Crippen LogP contribution is -2.38. The number of nitrogens with one attached hydrogen (secondary N) is 1. The van der Waals surface area contributed by atoms with E-state index in [-0.39, 0.29) is 23.3 Å². The minimum absolute atomic E-state index is 0.0229. The third-order valence-corrected chi connectivity index (χ3v) is 3.82. The second-order valence-corrected chi connectivity index (χ2v) is 5.07. The Morgan fingerprint density at radius 2 is 2.20 bits per heavy atom. The molecule has 1 aromatic carbocycles. The molecule has 1 aliphatic heterocycles. The van der Waals surface area contributed by atoms with Gasteiger partial charge >= 0.3 is 0 Å². The van der Waals surface area contributed by atoms with E-state index in [1.165, 1.54) is 13.2 Å². The first-order valence-electron chi connectivity index (χ1n) is 6.95. The molecule has 0 saturated carbocycles. The largest absolute Gasteiger partial charge is 0.496 e. The molecule has 1 N–H and O–H groups in total. The standard InChI is InChI=1S/C15H21FN2O2/c1-18(11-5-4-9-17-10-8-11)15(19)14-12(16)6-3-7-13(14)20-2/h3,6-7,11,17H,4-5,8-10H2,1-2H3. The van der Waals surface area contributed by atoms with Gasteiger partial charge in [0.2, 0.25) is 0 Å². The van der Waals surface area contributed by atoms with Crippen LogP contribution in [0.25, 0.3) is 0 Å². The highest BCUT2D eigenvalue weighted by molar-refractivity contribution is 5.97. The Kier molecular flexibility index (Phi) is 4.95. The minimum atomic E-state index is -0.534. The van der Waals surface area contributed by atoms with Crippen molar-refractivity contribution in [2.75, 3.05) is 27.2 Å². The number of methoxy groups -OCH3 is 1. The first kappa shape index (κ1) is 14.8. The summed E-state index contributed by atoms with van der Waals surface area (Å²) in [4.78, 5) is 14.2. The van der Waals surface area contributed by atoms with Gasteiger partial charge in [-0.15, -0.1) is 0 Å². The lowest BCUT2D eigenvalue weighted by molar-refractivity contribution is 0.0712. The maximum absolute atomic E-state index is 14.0. The zero-order valence-corrected chi connectivity index (χ0v) is 12.0. The summed E-state index contributed by atoms with van der Waals surface area (Å²) in [5.41, 5.74) is 0.0229. The molecule has 110 valence electrons. The Morgan fingerprint density at radius 1 is 1.40 bits per heavy atom. The molecule has 1 fully saturated rings. The maximum Gasteiger partial charge on any atom is 0.260 e. The molecule has 1 unspecified atom stereocenters. The molecule has 0 aliphatic carbocycles. The molecule has 0 aromatic heterocycles. The average Bonchev–Trinajstić information content (AvgIpc) is 2.74. The number of hydrogen-bond donors (Lipinski definition) is 1. The van der Waals surface area contributed by atoms with Gasteiger partial charge < -0.3 is 15.0 Å². The molecule has 0 spiro atoms. The van der Waals surface area contributed by atoms with Gasteiger partial charge in [-0.2, -0.15) is 0 Å². The fourth-order valence-corrected chi connectivity index (χ4v) is 2.61. The van der Waals surface area contributed by atoms with E-state index in [9.17, 15) is 9.18 Å². The van der Waals surface area contributed by atoms with Crippen LogP contribution in [-0.2, 0) is 0 Å². The van der Waals surface area contributed by atoms with Crippen LogP contribution in [0.15, 0.2) is 18.2 Å². The highest BCUT2D eigenvalue weighted by atomic mass is 19.1. The number of nitrogens with zero attached hydrogens (tertiary/aromatic N) is 1. The van der Waals surface area contributed by atoms with Gasteiger partial charge in [0.05, 0.1) is 7.11 Å². The predicted octanol–water partition coefficient (Wildman–Crippen LogP) is 2.05. The van der Waals surface area contributed by atoms with Gasteiger partial charge in [-0.3, -0.25) is 4.79 Å². The van der Waals surface area contributed by atoms with Crippen molar-refractivity contribution < 1.29 is 13.9 Å². The van der Waals surface area contributed by atoms with Crippen LogP contribution in [-0.4, -0.2) is 44.1 Å². The lowest BCUT2D eigenvalue weighted by atomic mass is 10.1. The summed E-state index contributed by atoms with van der Waals surface area (Å²) in [6.07, 6.45) is 2.85. The van der Waals surface area contributed by atoms with E-state index < -0.39 is 5.82 Å². The summed E-state index contributed by atoms with van der Waals surface area (Å²) in [7, 11) is 3.19. The summed E-state index contributed by atoms with van der Waals surface area (Å²) in [6.45, 7) is 1.86. The van der Waals surface area contributed by atoms with Crippen molar-refractivity contribution in [2.45, 2.75) is 25.3 Å². The van der Waals surface area contributed by atoms with Gasteiger partial charge in [-0.1, -0.05) is 6.07 Å². The topological polar surface area (TPSA) is 41.6 Å². The van der Waals surface area contributed by atoms with Crippen LogP contribution in [0.2, 0.25) is 0 Å². The first-order chi connectivity index (χ1) is 9.65. The van der Waals surface area contributed by atoms with Crippen molar-refractivity contribution in [1.29, 1.82) is 0 Å². The van der Waals surface area contributed by atoms with Crippen LogP contribution in [0, 0.1) is 5.82 Å². The van der Waals surface area contributed by atoms with Crippen molar-refractivity contribution in [3.8, 4) is 5.75 Å². The van der Waals surface area contributed by atoms with E-state index in [4.69, 9.17) is 4.74 Å². The molecule has 1 amide bonds. The molecule has 1 aromatic rings. The van der Waals surface area contributed by atoms with E-state index in [1.54, 1.807) is 24.1 Å². The van der Waals surface area contributed by atoms with Crippen molar-refractivity contribution in [2.24, 2.45) is 0 Å². The Labute approximate surface area is 118 Å². The maximum atomic E-state index is 14.0. The molecule has 4 nitrogen and oxygen atoms in total. The van der Waals surface area contributed by atoms with Gasteiger partial charge in [0.1, 0.15) is 17.1 Å². The number of carbonyl (C=O) groups is 1. The van der Waals surface area contributed by atoms with Crippen molar-refractivity contribution in [3.05, 3.63) is 29.6 Å². The number of ether oxygens (including phenoxy) is 1. The molecule has 5 heteroatoms. The van der Waals surface area contributed by atoms with Crippen LogP contribution in [0.4, 0.5) is 4.39 Å². The van der Waals surface area contributed by atoms with E-state index in [0.717, 1.165) is 32.4 Å². The number of rotatable bonds is 3. The second-order valence-electron chi connectivity index (χ2n) is 5.07. The van der Waals surface area contributed by atoms with Crippen LogP contribution in [0.5, 0.6) is 5.75 Å². The van der Waals surface area contributed by atoms with Gasteiger partial charge in [-0.25, -0.2) is 4.39 Å². The highest BCUT2D eigenvalue weighted by Crippen LogP contribution is 2.24. The highest BCUT2D eigenvalue weighted by Gasteiger charge is 2.26. The zero-order chi connectivity index (χ0) is 14.5. The third-order valence-electron chi connectivity index (χ3n) is 3.82. The van der Waals surface area contributed by atoms with Crippen molar-refractivity contribution in [1.82, 2.24) is 10.2 Å².